The highest BCUT2D eigenvalue weighted by atomic mass is 16.3. The van der Waals surface area contributed by atoms with Crippen LogP contribution in [-0.2, 0) is 0 Å². The van der Waals surface area contributed by atoms with Gasteiger partial charge in [-0.3, -0.25) is 0 Å². The summed E-state index contributed by atoms with van der Waals surface area (Å²) in [7, 11) is 0. The molecule has 0 saturated heterocycles. The Morgan fingerprint density at radius 2 is 2.00 bits per heavy atom. The third-order valence-electron chi connectivity index (χ3n) is 1.56. The van der Waals surface area contributed by atoms with Crippen molar-refractivity contribution < 1.29 is 10.2 Å². The molecule has 0 spiro atoms. The molecule has 0 saturated carbocycles. The van der Waals surface area contributed by atoms with Gasteiger partial charge in [-0.1, -0.05) is 0 Å². The Labute approximate surface area is 67.2 Å². The molecule has 6 N–H and O–H groups in total. The highest BCUT2D eigenvalue weighted by molar-refractivity contribution is 4.66. The van der Waals surface area contributed by atoms with E-state index in [9.17, 15) is 0 Å². The Bertz CT molecular complexity index is 90.5. The van der Waals surface area contributed by atoms with Crippen molar-refractivity contribution in [2.75, 3.05) is 13.2 Å². The van der Waals surface area contributed by atoms with E-state index in [1.807, 2.05) is 0 Å². The van der Waals surface area contributed by atoms with Crippen molar-refractivity contribution in [3.8, 4) is 0 Å². The molecule has 0 rings (SSSR count). The highest BCUT2D eigenvalue weighted by Gasteiger charge is 2.08. The molecule has 0 amide bonds. The summed E-state index contributed by atoms with van der Waals surface area (Å²) in [4.78, 5) is 0. The number of nitrogens with two attached hydrogens (primary N) is 2. The summed E-state index contributed by atoms with van der Waals surface area (Å²) in [6, 6.07) is -0.0410. The summed E-state index contributed by atoms with van der Waals surface area (Å²) >= 11 is 0. The van der Waals surface area contributed by atoms with Gasteiger partial charge in [-0.2, -0.15) is 0 Å². The van der Waals surface area contributed by atoms with Gasteiger partial charge in [-0.25, -0.2) is 0 Å². The Morgan fingerprint density at radius 3 is 2.45 bits per heavy atom. The van der Waals surface area contributed by atoms with E-state index in [-0.39, 0.29) is 12.6 Å². The number of hydrogen-bond donors (Lipinski definition) is 4. The second kappa shape index (κ2) is 6.54. The Morgan fingerprint density at radius 1 is 1.36 bits per heavy atom. The number of hydrogen-bond acceptors (Lipinski definition) is 4. The van der Waals surface area contributed by atoms with Crippen LogP contribution in [0.4, 0.5) is 0 Å². The van der Waals surface area contributed by atoms with Crippen LogP contribution in [0.3, 0.4) is 0 Å². The first kappa shape index (κ1) is 10.8. The van der Waals surface area contributed by atoms with Crippen molar-refractivity contribution in [2.45, 2.75) is 31.4 Å². The first-order chi connectivity index (χ1) is 5.20. The third-order valence-corrected chi connectivity index (χ3v) is 1.56. The van der Waals surface area contributed by atoms with Gasteiger partial charge >= 0.3 is 0 Å². The van der Waals surface area contributed by atoms with Crippen LogP contribution < -0.4 is 11.5 Å². The number of rotatable bonds is 6. The average Bonchev–Trinajstić information content (AvgIpc) is 2.00. The van der Waals surface area contributed by atoms with Gasteiger partial charge < -0.3 is 21.7 Å². The summed E-state index contributed by atoms with van der Waals surface area (Å²) in [6.07, 6.45) is 1.46. The van der Waals surface area contributed by atoms with Gasteiger partial charge in [0.1, 0.15) is 0 Å². The van der Waals surface area contributed by atoms with Gasteiger partial charge in [-0.15, -0.1) is 0 Å². The molecule has 4 heteroatoms. The molecule has 0 fully saturated rings. The fraction of sp³-hybridized carbons (Fsp3) is 1.00. The first-order valence-electron chi connectivity index (χ1n) is 3.95. The van der Waals surface area contributed by atoms with Crippen LogP contribution in [0.5, 0.6) is 0 Å². The molecule has 0 radical (unpaired) electrons. The number of aliphatic hydroxyl groups is 2. The summed E-state index contributed by atoms with van der Waals surface area (Å²) in [6.45, 7) is 0.416. The largest absolute Gasteiger partial charge is 0.394 e. The molecule has 68 valence electrons. The minimum atomic E-state index is -0.678. The molecule has 0 bridgehead atoms. The van der Waals surface area contributed by atoms with E-state index in [0.717, 1.165) is 12.8 Å². The van der Waals surface area contributed by atoms with E-state index < -0.39 is 6.10 Å². The van der Waals surface area contributed by atoms with Crippen LogP contribution in [0.2, 0.25) is 0 Å². The molecular formula is C7H18N2O2. The van der Waals surface area contributed by atoms with Gasteiger partial charge in [-0.05, 0) is 25.8 Å². The zero-order valence-corrected chi connectivity index (χ0v) is 6.74. The van der Waals surface area contributed by atoms with E-state index in [1.54, 1.807) is 0 Å². The molecule has 11 heavy (non-hydrogen) atoms. The topological polar surface area (TPSA) is 92.5 Å². The van der Waals surface area contributed by atoms with Crippen LogP contribution in [0, 0.1) is 0 Å². The molecule has 0 heterocycles. The van der Waals surface area contributed by atoms with E-state index >= 15 is 0 Å². The molecule has 4 nitrogen and oxygen atoms in total. The maximum absolute atomic E-state index is 8.97. The first-order valence-corrected chi connectivity index (χ1v) is 3.95. The van der Waals surface area contributed by atoms with Crippen molar-refractivity contribution in [1.82, 2.24) is 0 Å². The lowest BCUT2D eigenvalue weighted by molar-refractivity contribution is 0.0818. The minimum absolute atomic E-state index is 0.0410. The molecule has 0 aromatic heterocycles. The lowest BCUT2D eigenvalue weighted by Crippen LogP contribution is -2.28. The standard InChI is InChI=1S/C7H18N2O2/c8-3-1-2-6(9)4-7(11)5-10/h6-7,10-11H,1-5,8-9H2. The quantitative estimate of drug-likeness (QED) is 0.394. The monoisotopic (exact) mass is 162 g/mol. The van der Waals surface area contributed by atoms with Crippen molar-refractivity contribution in [2.24, 2.45) is 11.5 Å². The van der Waals surface area contributed by atoms with E-state index in [0.29, 0.717) is 13.0 Å². The van der Waals surface area contributed by atoms with Crippen LogP contribution in [0.15, 0.2) is 0 Å². The molecule has 0 aliphatic rings. The fourth-order valence-corrected chi connectivity index (χ4v) is 0.922. The highest BCUT2D eigenvalue weighted by Crippen LogP contribution is 2.01. The van der Waals surface area contributed by atoms with Gasteiger partial charge in [0.25, 0.3) is 0 Å². The van der Waals surface area contributed by atoms with E-state index in [1.165, 1.54) is 0 Å². The molecule has 0 aliphatic carbocycles. The predicted octanol–water partition coefficient (Wildman–Crippen LogP) is -1.20. The molecule has 2 unspecified atom stereocenters. The average molecular weight is 162 g/mol. The van der Waals surface area contributed by atoms with E-state index in [2.05, 4.69) is 0 Å². The van der Waals surface area contributed by atoms with Gasteiger partial charge in [0.2, 0.25) is 0 Å². The second-order valence-electron chi connectivity index (χ2n) is 2.76. The molecule has 0 aromatic carbocycles. The smallest absolute Gasteiger partial charge is 0.0785 e. The molecular weight excluding hydrogens is 144 g/mol. The maximum atomic E-state index is 8.97. The Kier molecular flexibility index (Phi) is 6.45. The lowest BCUT2D eigenvalue weighted by Gasteiger charge is -2.13. The predicted molar refractivity (Wildman–Crippen MR) is 44.0 cm³/mol. The van der Waals surface area contributed by atoms with Crippen molar-refractivity contribution >= 4 is 0 Å². The summed E-state index contributed by atoms with van der Waals surface area (Å²) in [5.74, 6) is 0. The van der Waals surface area contributed by atoms with Crippen molar-refractivity contribution in [3.63, 3.8) is 0 Å². The fourth-order valence-electron chi connectivity index (χ4n) is 0.922. The number of aliphatic hydroxyl groups excluding tert-OH is 2. The van der Waals surface area contributed by atoms with E-state index in [4.69, 9.17) is 21.7 Å². The zero-order chi connectivity index (χ0) is 8.69. The van der Waals surface area contributed by atoms with Gasteiger partial charge in [0.05, 0.1) is 12.7 Å². The van der Waals surface area contributed by atoms with Gasteiger partial charge in [0, 0.05) is 6.04 Å². The van der Waals surface area contributed by atoms with Crippen LogP contribution in [0.1, 0.15) is 19.3 Å². The Hall–Kier alpha value is -0.160. The molecule has 0 aliphatic heterocycles. The zero-order valence-electron chi connectivity index (χ0n) is 6.74. The Balaban J connectivity index is 3.27. The van der Waals surface area contributed by atoms with Crippen molar-refractivity contribution in [3.05, 3.63) is 0 Å². The SMILES string of the molecule is NCCCC(N)CC(O)CO. The van der Waals surface area contributed by atoms with Crippen molar-refractivity contribution in [1.29, 1.82) is 0 Å². The summed E-state index contributed by atoms with van der Waals surface area (Å²) in [5.41, 5.74) is 10.9. The van der Waals surface area contributed by atoms with Crippen LogP contribution in [0.25, 0.3) is 0 Å². The van der Waals surface area contributed by atoms with Crippen LogP contribution in [-0.4, -0.2) is 35.5 Å². The lowest BCUT2D eigenvalue weighted by atomic mass is 10.1. The third kappa shape index (κ3) is 6.25. The van der Waals surface area contributed by atoms with Gasteiger partial charge in [0.15, 0.2) is 0 Å². The second-order valence-corrected chi connectivity index (χ2v) is 2.76. The minimum Gasteiger partial charge on any atom is -0.394 e. The normalized spacial score (nSPS) is 16.4. The molecule has 0 aromatic rings. The summed E-state index contributed by atoms with van der Waals surface area (Å²) in [5, 5.41) is 17.4. The molecule has 2 atom stereocenters. The summed E-state index contributed by atoms with van der Waals surface area (Å²) < 4.78 is 0. The maximum Gasteiger partial charge on any atom is 0.0785 e. The van der Waals surface area contributed by atoms with Crippen LogP contribution >= 0.6 is 0 Å².